The summed E-state index contributed by atoms with van der Waals surface area (Å²) >= 11 is -1.17. The van der Waals surface area contributed by atoms with Crippen molar-refractivity contribution in [3.8, 4) is 0 Å². The standard InChI is InChI=1S/C15H21NOS/c1-15(2,3)18(17)16-11-13-9-6-8-12-7-4-5-10-14(12)13/h6,8-9,11H,4-5,7,10H2,1-3H3/t18-/m1/s1. The van der Waals surface area contributed by atoms with Crippen LogP contribution >= 0.6 is 0 Å². The van der Waals surface area contributed by atoms with Gasteiger partial charge in [-0.15, -0.1) is 0 Å². The monoisotopic (exact) mass is 263 g/mol. The molecule has 98 valence electrons. The molecule has 1 atom stereocenters. The highest BCUT2D eigenvalue weighted by atomic mass is 32.2. The van der Waals surface area contributed by atoms with Crippen molar-refractivity contribution < 1.29 is 4.55 Å². The van der Waals surface area contributed by atoms with E-state index in [1.165, 1.54) is 30.4 Å². The smallest absolute Gasteiger partial charge is 0.144 e. The minimum atomic E-state index is -1.17. The fourth-order valence-electron chi connectivity index (χ4n) is 2.19. The van der Waals surface area contributed by atoms with E-state index in [4.69, 9.17) is 0 Å². The minimum absolute atomic E-state index is 0.286. The van der Waals surface area contributed by atoms with Gasteiger partial charge in [-0.1, -0.05) is 22.6 Å². The molecule has 3 heteroatoms. The van der Waals surface area contributed by atoms with Crippen molar-refractivity contribution >= 4 is 17.6 Å². The van der Waals surface area contributed by atoms with E-state index in [1.807, 2.05) is 20.8 Å². The van der Waals surface area contributed by atoms with Crippen LogP contribution in [0.4, 0.5) is 0 Å². The summed E-state index contributed by atoms with van der Waals surface area (Å²) in [7, 11) is 0. The second kappa shape index (κ2) is 5.45. The van der Waals surface area contributed by atoms with Crippen molar-refractivity contribution in [2.24, 2.45) is 4.40 Å². The number of benzene rings is 1. The predicted molar refractivity (Wildman–Crippen MR) is 78.6 cm³/mol. The molecular formula is C15H21NOS. The topological polar surface area (TPSA) is 35.4 Å². The van der Waals surface area contributed by atoms with Gasteiger partial charge in [0.05, 0.1) is 6.21 Å². The van der Waals surface area contributed by atoms with Crippen LogP contribution in [-0.2, 0) is 24.2 Å². The van der Waals surface area contributed by atoms with Crippen molar-refractivity contribution in [1.82, 2.24) is 0 Å². The van der Waals surface area contributed by atoms with E-state index < -0.39 is 11.4 Å². The van der Waals surface area contributed by atoms with Crippen LogP contribution in [0.15, 0.2) is 22.6 Å². The summed E-state index contributed by atoms with van der Waals surface area (Å²) in [6.45, 7) is 5.84. The van der Waals surface area contributed by atoms with Gasteiger partial charge in [0, 0.05) is 5.56 Å². The fraction of sp³-hybridized carbons (Fsp3) is 0.533. The van der Waals surface area contributed by atoms with Gasteiger partial charge in [0.2, 0.25) is 0 Å². The van der Waals surface area contributed by atoms with Crippen molar-refractivity contribution in [3.63, 3.8) is 0 Å². The number of nitrogens with zero attached hydrogens (tertiary/aromatic N) is 1. The molecule has 0 bridgehead atoms. The molecule has 0 N–H and O–H groups in total. The third-order valence-electron chi connectivity index (χ3n) is 3.24. The molecule has 0 aromatic heterocycles. The molecule has 0 fully saturated rings. The molecule has 0 spiro atoms. The zero-order chi connectivity index (χ0) is 13.2. The van der Waals surface area contributed by atoms with E-state index in [1.54, 1.807) is 6.21 Å². The van der Waals surface area contributed by atoms with E-state index in [0.29, 0.717) is 0 Å². The molecule has 0 amide bonds. The van der Waals surface area contributed by atoms with Crippen LogP contribution in [0.5, 0.6) is 0 Å². The molecule has 2 nitrogen and oxygen atoms in total. The highest BCUT2D eigenvalue weighted by molar-refractivity contribution is 7.91. The Hall–Kier alpha value is -0.800. The molecule has 1 aromatic carbocycles. The van der Waals surface area contributed by atoms with Crippen molar-refractivity contribution in [3.05, 3.63) is 34.9 Å². The normalized spacial score (nSPS) is 17.8. The molecule has 0 aliphatic heterocycles. The summed E-state index contributed by atoms with van der Waals surface area (Å²) in [5.74, 6) is 0. The van der Waals surface area contributed by atoms with Crippen LogP contribution in [0.1, 0.15) is 50.3 Å². The maximum Gasteiger partial charge on any atom is 0.144 e. The lowest BCUT2D eigenvalue weighted by Crippen LogP contribution is -2.25. The van der Waals surface area contributed by atoms with Gasteiger partial charge in [-0.25, -0.2) is 0 Å². The molecule has 18 heavy (non-hydrogen) atoms. The van der Waals surface area contributed by atoms with Crippen LogP contribution in [0.3, 0.4) is 0 Å². The first kappa shape index (κ1) is 13.6. The minimum Gasteiger partial charge on any atom is -0.591 e. The Bertz CT molecular complexity index is 448. The molecule has 0 saturated heterocycles. The van der Waals surface area contributed by atoms with Crippen LogP contribution in [0.25, 0.3) is 0 Å². The summed E-state index contributed by atoms with van der Waals surface area (Å²) in [6.07, 6.45) is 6.62. The van der Waals surface area contributed by atoms with E-state index in [-0.39, 0.29) is 4.75 Å². The zero-order valence-corrected chi connectivity index (χ0v) is 12.2. The second-order valence-electron chi connectivity index (χ2n) is 5.79. The van der Waals surface area contributed by atoms with Gasteiger partial charge >= 0.3 is 0 Å². The van der Waals surface area contributed by atoms with Crippen molar-refractivity contribution in [2.45, 2.75) is 51.2 Å². The molecule has 0 heterocycles. The predicted octanol–water partition coefficient (Wildman–Crippen LogP) is 3.45. The summed E-state index contributed by atoms with van der Waals surface area (Å²) in [5, 5.41) is 0. The molecule has 0 radical (unpaired) electrons. The maximum absolute atomic E-state index is 11.9. The maximum atomic E-state index is 11.9. The molecule has 2 rings (SSSR count). The number of fused-ring (bicyclic) bond motifs is 1. The second-order valence-corrected chi connectivity index (χ2v) is 7.72. The Kier molecular flexibility index (Phi) is 4.13. The van der Waals surface area contributed by atoms with Crippen LogP contribution in [-0.4, -0.2) is 15.5 Å². The molecule has 1 aromatic rings. The average Bonchev–Trinajstić information content (AvgIpc) is 2.34. The Morgan fingerprint density at radius 1 is 1.22 bits per heavy atom. The summed E-state index contributed by atoms with van der Waals surface area (Å²) in [4.78, 5) is 0. The highest BCUT2D eigenvalue weighted by Crippen LogP contribution is 2.24. The molecule has 1 aliphatic carbocycles. The first-order valence-electron chi connectivity index (χ1n) is 6.55. The van der Waals surface area contributed by atoms with Crippen LogP contribution in [0, 0.1) is 0 Å². The van der Waals surface area contributed by atoms with Gasteiger partial charge in [0.25, 0.3) is 0 Å². The number of rotatable bonds is 2. The zero-order valence-electron chi connectivity index (χ0n) is 11.4. The number of hydrogen-bond acceptors (Lipinski definition) is 2. The molecule has 0 saturated carbocycles. The highest BCUT2D eigenvalue weighted by Gasteiger charge is 2.26. The lowest BCUT2D eigenvalue weighted by molar-refractivity contribution is 0.562. The SMILES string of the molecule is CC(C)(C)[S@@+]([O-])N=Cc1cccc2c1CCCC2. The van der Waals surface area contributed by atoms with Crippen molar-refractivity contribution in [1.29, 1.82) is 0 Å². The Morgan fingerprint density at radius 3 is 2.67 bits per heavy atom. The van der Waals surface area contributed by atoms with E-state index in [0.717, 1.165) is 12.0 Å². The quantitative estimate of drug-likeness (QED) is 0.594. The van der Waals surface area contributed by atoms with E-state index in [9.17, 15) is 4.55 Å². The van der Waals surface area contributed by atoms with Gasteiger partial charge in [0.1, 0.15) is 16.1 Å². The molecular weight excluding hydrogens is 242 g/mol. The van der Waals surface area contributed by atoms with Crippen LogP contribution in [0.2, 0.25) is 0 Å². The van der Waals surface area contributed by atoms with Crippen LogP contribution < -0.4 is 0 Å². The van der Waals surface area contributed by atoms with Crippen molar-refractivity contribution in [2.75, 3.05) is 0 Å². The van der Waals surface area contributed by atoms with Gasteiger partial charge in [0.15, 0.2) is 0 Å². The molecule has 1 aliphatic rings. The van der Waals surface area contributed by atoms with Gasteiger partial charge in [-0.2, -0.15) is 0 Å². The van der Waals surface area contributed by atoms with E-state index >= 15 is 0 Å². The lowest BCUT2D eigenvalue weighted by Gasteiger charge is -2.19. The summed E-state index contributed by atoms with van der Waals surface area (Å²) in [5.41, 5.74) is 3.98. The summed E-state index contributed by atoms with van der Waals surface area (Å²) in [6, 6.07) is 6.35. The summed E-state index contributed by atoms with van der Waals surface area (Å²) < 4.78 is 15.9. The van der Waals surface area contributed by atoms with Gasteiger partial charge in [-0.3, -0.25) is 0 Å². The first-order valence-corrected chi connectivity index (χ1v) is 7.66. The fourth-order valence-corrected chi connectivity index (χ4v) is 2.72. The largest absolute Gasteiger partial charge is 0.591 e. The van der Waals surface area contributed by atoms with Gasteiger partial charge < -0.3 is 4.55 Å². The Labute approximate surface area is 113 Å². The number of hydrogen-bond donors (Lipinski definition) is 0. The third kappa shape index (κ3) is 3.15. The lowest BCUT2D eigenvalue weighted by atomic mass is 9.89. The first-order chi connectivity index (χ1) is 8.48. The molecule has 0 unspecified atom stereocenters. The Morgan fingerprint density at radius 2 is 1.94 bits per heavy atom. The van der Waals surface area contributed by atoms with E-state index in [2.05, 4.69) is 22.6 Å². The number of aryl methyl sites for hydroxylation is 1. The Balaban J connectivity index is 2.22. The van der Waals surface area contributed by atoms with Gasteiger partial charge in [-0.05, 0) is 57.6 Å². The third-order valence-corrected chi connectivity index (χ3v) is 4.59. The average molecular weight is 263 g/mol.